The summed E-state index contributed by atoms with van der Waals surface area (Å²) in [6, 6.07) is 6.37. The lowest BCUT2D eigenvalue weighted by molar-refractivity contribution is 0.0527. The van der Waals surface area contributed by atoms with Crippen LogP contribution in [0.3, 0.4) is 0 Å². The van der Waals surface area contributed by atoms with E-state index in [-0.39, 0.29) is 11.4 Å². The van der Waals surface area contributed by atoms with Crippen molar-refractivity contribution >= 4 is 32.0 Å². The van der Waals surface area contributed by atoms with Gasteiger partial charge in [-0.2, -0.15) is 0 Å². The third-order valence-electron chi connectivity index (χ3n) is 2.44. The molecule has 0 atom stereocenters. The van der Waals surface area contributed by atoms with Crippen molar-refractivity contribution in [1.82, 2.24) is 10.0 Å². The van der Waals surface area contributed by atoms with E-state index >= 15 is 0 Å². The Hall–Kier alpha value is -1.12. The number of amides is 1. The Morgan fingerprint density at radius 1 is 1.18 bits per heavy atom. The van der Waals surface area contributed by atoms with Crippen LogP contribution in [0.4, 0.5) is 4.79 Å². The molecule has 0 radical (unpaired) electrons. The molecule has 1 aromatic rings. The van der Waals surface area contributed by atoms with Crippen molar-refractivity contribution in [1.29, 1.82) is 0 Å². The number of alkyl carbamates (subject to hydrolysis) is 1. The third kappa shape index (κ3) is 7.24. The topological polar surface area (TPSA) is 84.5 Å². The number of hydrogen-bond acceptors (Lipinski definition) is 4. The molecule has 0 saturated heterocycles. The highest BCUT2D eigenvalue weighted by Crippen LogP contribution is 2.14. The zero-order valence-corrected chi connectivity index (χ0v) is 15.3. The maximum absolute atomic E-state index is 12.0. The maximum Gasteiger partial charge on any atom is 0.407 e. The zero-order chi connectivity index (χ0) is 16.8. The van der Waals surface area contributed by atoms with E-state index in [1.807, 2.05) is 0 Å². The molecular formula is C14H21BrN2O4S. The normalized spacial score (nSPS) is 12.0. The molecule has 0 unspecified atom stereocenters. The van der Waals surface area contributed by atoms with Gasteiger partial charge in [-0.3, -0.25) is 0 Å². The Morgan fingerprint density at radius 3 is 2.32 bits per heavy atom. The molecule has 0 saturated carbocycles. The highest BCUT2D eigenvalue weighted by Gasteiger charge is 2.16. The summed E-state index contributed by atoms with van der Waals surface area (Å²) in [4.78, 5) is 11.6. The lowest BCUT2D eigenvalue weighted by atomic mass is 10.2. The molecule has 2 N–H and O–H groups in total. The van der Waals surface area contributed by atoms with Gasteiger partial charge in [0, 0.05) is 17.6 Å². The van der Waals surface area contributed by atoms with Crippen LogP contribution in [0.2, 0.25) is 0 Å². The van der Waals surface area contributed by atoms with E-state index in [2.05, 4.69) is 26.0 Å². The van der Waals surface area contributed by atoms with Gasteiger partial charge >= 0.3 is 6.09 Å². The Labute approximate surface area is 139 Å². The van der Waals surface area contributed by atoms with Gasteiger partial charge in [-0.1, -0.05) is 15.9 Å². The van der Waals surface area contributed by atoms with Crippen LogP contribution in [0.25, 0.3) is 0 Å². The number of hydrogen-bond donors (Lipinski definition) is 2. The van der Waals surface area contributed by atoms with Gasteiger partial charge in [0.1, 0.15) is 5.60 Å². The van der Waals surface area contributed by atoms with Crippen molar-refractivity contribution in [3.8, 4) is 0 Å². The van der Waals surface area contributed by atoms with Crippen LogP contribution in [0.15, 0.2) is 33.6 Å². The van der Waals surface area contributed by atoms with Crippen molar-refractivity contribution in [3.05, 3.63) is 28.7 Å². The number of carbonyl (C=O) groups excluding carboxylic acids is 1. The highest BCUT2D eigenvalue weighted by molar-refractivity contribution is 9.10. The monoisotopic (exact) mass is 392 g/mol. The lowest BCUT2D eigenvalue weighted by Crippen LogP contribution is -2.34. The summed E-state index contributed by atoms with van der Waals surface area (Å²) in [6.07, 6.45) is -0.0436. The molecule has 0 spiro atoms. The van der Waals surface area contributed by atoms with E-state index in [9.17, 15) is 13.2 Å². The second-order valence-electron chi connectivity index (χ2n) is 5.63. The van der Waals surface area contributed by atoms with Crippen LogP contribution >= 0.6 is 15.9 Å². The minimum absolute atomic E-state index is 0.204. The first-order valence-corrected chi connectivity index (χ1v) is 9.10. The van der Waals surface area contributed by atoms with Gasteiger partial charge in [0.05, 0.1) is 4.90 Å². The Balaban J connectivity index is 2.32. The maximum atomic E-state index is 12.0. The van der Waals surface area contributed by atoms with E-state index in [4.69, 9.17) is 4.74 Å². The Bertz CT molecular complexity index is 594. The summed E-state index contributed by atoms with van der Waals surface area (Å²) in [5, 5.41) is 2.57. The van der Waals surface area contributed by atoms with E-state index in [0.717, 1.165) is 4.47 Å². The molecule has 6 nitrogen and oxygen atoms in total. The molecule has 1 rings (SSSR count). The van der Waals surface area contributed by atoms with Gasteiger partial charge in [0.15, 0.2) is 0 Å². The van der Waals surface area contributed by atoms with Gasteiger partial charge in [0.25, 0.3) is 0 Å². The first kappa shape index (κ1) is 18.9. The molecule has 8 heteroatoms. The van der Waals surface area contributed by atoms with Gasteiger partial charge in [-0.15, -0.1) is 0 Å². The third-order valence-corrected chi connectivity index (χ3v) is 4.44. The lowest BCUT2D eigenvalue weighted by Gasteiger charge is -2.19. The van der Waals surface area contributed by atoms with Crippen molar-refractivity contribution < 1.29 is 17.9 Å². The van der Waals surface area contributed by atoms with Crippen LogP contribution in [0.1, 0.15) is 27.2 Å². The first-order chi connectivity index (χ1) is 10.1. The molecule has 0 aliphatic heterocycles. The van der Waals surface area contributed by atoms with Crippen LogP contribution in [0.5, 0.6) is 0 Å². The molecule has 1 amide bonds. The fourth-order valence-electron chi connectivity index (χ4n) is 1.50. The van der Waals surface area contributed by atoms with Gasteiger partial charge in [-0.05, 0) is 51.5 Å². The number of nitrogens with one attached hydrogen (secondary N) is 2. The average molecular weight is 393 g/mol. The van der Waals surface area contributed by atoms with Crippen molar-refractivity contribution in [2.24, 2.45) is 0 Å². The number of carbonyl (C=O) groups is 1. The minimum Gasteiger partial charge on any atom is -0.444 e. The Kier molecular flexibility index (Phi) is 6.83. The van der Waals surface area contributed by atoms with E-state index < -0.39 is 21.7 Å². The summed E-state index contributed by atoms with van der Waals surface area (Å²) < 4.78 is 32.3. The molecule has 0 heterocycles. The minimum atomic E-state index is -3.52. The van der Waals surface area contributed by atoms with Crippen LogP contribution < -0.4 is 10.0 Å². The fraction of sp³-hybridized carbons (Fsp3) is 0.500. The molecule has 0 bridgehead atoms. The van der Waals surface area contributed by atoms with E-state index in [1.54, 1.807) is 32.9 Å². The summed E-state index contributed by atoms with van der Waals surface area (Å²) in [6.45, 7) is 5.89. The predicted molar refractivity (Wildman–Crippen MR) is 88.2 cm³/mol. The largest absolute Gasteiger partial charge is 0.444 e. The number of ether oxygens (including phenoxy) is 1. The van der Waals surface area contributed by atoms with Crippen LogP contribution in [0, 0.1) is 0 Å². The zero-order valence-electron chi connectivity index (χ0n) is 12.8. The first-order valence-electron chi connectivity index (χ1n) is 6.82. The van der Waals surface area contributed by atoms with Crippen molar-refractivity contribution in [3.63, 3.8) is 0 Å². The molecule has 22 heavy (non-hydrogen) atoms. The number of benzene rings is 1. The van der Waals surface area contributed by atoms with Crippen LogP contribution in [-0.4, -0.2) is 33.2 Å². The smallest absolute Gasteiger partial charge is 0.407 e. The van der Waals surface area contributed by atoms with E-state index in [0.29, 0.717) is 13.0 Å². The molecule has 0 aromatic heterocycles. The van der Waals surface area contributed by atoms with Crippen LogP contribution in [-0.2, 0) is 14.8 Å². The summed E-state index contributed by atoms with van der Waals surface area (Å²) >= 11 is 3.25. The predicted octanol–water partition coefficient (Wildman–Crippen LogP) is 2.64. The van der Waals surface area contributed by atoms with Gasteiger partial charge in [0.2, 0.25) is 10.0 Å². The molecule has 1 aromatic carbocycles. The molecule has 0 fully saturated rings. The van der Waals surface area contributed by atoms with Gasteiger partial charge in [-0.25, -0.2) is 17.9 Å². The molecular weight excluding hydrogens is 372 g/mol. The second kappa shape index (κ2) is 7.94. The quantitative estimate of drug-likeness (QED) is 0.728. The molecule has 0 aliphatic rings. The standard InChI is InChI=1S/C14H21BrN2O4S/c1-14(2,3)21-13(18)16-9-4-10-17-22(19,20)12-7-5-11(15)6-8-12/h5-8,17H,4,9-10H2,1-3H3,(H,16,18). The van der Waals surface area contributed by atoms with Gasteiger partial charge < -0.3 is 10.1 Å². The van der Waals surface area contributed by atoms with Crippen molar-refractivity contribution in [2.45, 2.75) is 37.7 Å². The molecule has 0 aliphatic carbocycles. The number of halogens is 1. The van der Waals surface area contributed by atoms with E-state index in [1.165, 1.54) is 12.1 Å². The van der Waals surface area contributed by atoms with Crippen molar-refractivity contribution in [2.75, 3.05) is 13.1 Å². The number of sulfonamides is 1. The average Bonchev–Trinajstić information content (AvgIpc) is 2.36. The SMILES string of the molecule is CC(C)(C)OC(=O)NCCCNS(=O)(=O)c1ccc(Br)cc1. The fourth-order valence-corrected chi connectivity index (χ4v) is 2.84. The number of rotatable bonds is 6. The molecule has 124 valence electrons. The second-order valence-corrected chi connectivity index (χ2v) is 8.32. The summed E-state index contributed by atoms with van der Waals surface area (Å²) in [7, 11) is -3.52. The summed E-state index contributed by atoms with van der Waals surface area (Å²) in [5.41, 5.74) is -0.548. The summed E-state index contributed by atoms with van der Waals surface area (Å²) in [5.74, 6) is 0. The Morgan fingerprint density at radius 2 is 1.77 bits per heavy atom. The highest BCUT2D eigenvalue weighted by atomic mass is 79.9.